The topological polar surface area (TPSA) is 16.4 Å². The number of benzene rings is 10. The van der Waals surface area contributed by atoms with E-state index in [9.17, 15) is 0 Å². The van der Waals surface area contributed by atoms with Gasteiger partial charge in [0, 0.05) is 33.4 Å². The maximum atomic E-state index is 6.49. The van der Waals surface area contributed by atoms with Gasteiger partial charge in [-0.05, 0) is 109 Å². The van der Waals surface area contributed by atoms with E-state index < -0.39 is 0 Å². The van der Waals surface area contributed by atoms with Crippen LogP contribution in [0.5, 0.6) is 0 Å². The molecule has 0 spiro atoms. The standard InChI is InChI=1S/C54H35NO/c1-2-12-36(13-3-1)37-24-29-41(30-25-37)55(43-16-10-15-40(34-43)45-21-11-22-50-49-20-8-9-23-53(49)56-54(45)50)42-31-26-39(27-32-42)51-35-52-44-17-5-4-14-38(44)28-33-48(52)46-18-6-7-19-47(46)51/h1-35H. The van der Waals surface area contributed by atoms with E-state index >= 15 is 0 Å². The third-order valence-electron chi connectivity index (χ3n) is 11.3. The van der Waals surface area contributed by atoms with Gasteiger partial charge in [0.2, 0.25) is 0 Å². The second kappa shape index (κ2) is 13.2. The molecule has 0 fully saturated rings. The highest BCUT2D eigenvalue weighted by Crippen LogP contribution is 2.42. The number of nitrogens with zero attached hydrogens (tertiary/aromatic N) is 1. The van der Waals surface area contributed by atoms with Crippen molar-refractivity contribution in [2.45, 2.75) is 0 Å². The van der Waals surface area contributed by atoms with Crippen molar-refractivity contribution in [3.8, 4) is 33.4 Å². The molecule has 2 heteroatoms. The summed E-state index contributed by atoms with van der Waals surface area (Å²) in [6, 6.07) is 76.4. The van der Waals surface area contributed by atoms with Crippen LogP contribution < -0.4 is 4.90 Å². The van der Waals surface area contributed by atoms with E-state index in [0.29, 0.717) is 0 Å². The van der Waals surface area contributed by atoms with Gasteiger partial charge in [0.15, 0.2) is 0 Å². The average molecular weight is 714 g/mol. The lowest BCUT2D eigenvalue weighted by molar-refractivity contribution is 0.670. The number of anilines is 3. The van der Waals surface area contributed by atoms with Gasteiger partial charge in [-0.1, -0.05) is 164 Å². The largest absolute Gasteiger partial charge is 0.455 e. The van der Waals surface area contributed by atoms with Crippen LogP contribution in [0.15, 0.2) is 217 Å². The summed E-state index contributed by atoms with van der Waals surface area (Å²) in [6.07, 6.45) is 0. The van der Waals surface area contributed by atoms with Crippen LogP contribution in [0.3, 0.4) is 0 Å². The molecule has 0 aliphatic heterocycles. The van der Waals surface area contributed by atoms with Gasteiger partial charge >= 0.3 is 0 Å². The second-order valence-electron chi connectivity index (χ2n) is 14.5. The molecule has 10 aromatic carbocycles. The highest BCUT2D eigenvalue weighted by atomic mass is 16.3. The number of furan rings is 1. The van der Waals surface area contributed by atoms with Gasteiger partial charge in [0.05, 0.1) is 0 Å². The maximum Gasteiger partial charge on any atom is 0.143 e. The molecule has 11 aromatic rings. The van der Waals surface area contributed by atoms with Crippen molar-refractivity contribution in [3.05, 3.63) is 212 Å². The number of hydrogen-bond donors (Lipinski definition) is 0. The summed E-state index contributed by atoms with van der Waals surface area (Å²) in [7, 11) is 0. The first-order valence-electron chi connectivity index (χ1n) is 19.2. The first kappa shape index (κ1) is 32.0. The maximum absolute atomic E-state index is 6.49. The van der Waals surface area contributed by atoms with Crippen molar-refractivity contribution in [2.24, 2.45) is 0 Å². The minimum atomic E-state index is 0.902. The monoisotopic (exact) mass is 713 g/mol. The van der Waals surface area contributed by atoms with Crippen LogP contribution in [0.2, 0.25) is 0 Å². The van der Waals surface area contributed by atoms with Crippen molar-refractivity contribution in [1.29, 1.82) is 0 Å². The van der Waals surface area contributed by atoms with Gasteiger partial charge in [0.1, 0.15) is 11.2 Å². The lowest BCUT2D eigenvalue weighted by atomic mass is 9.91. The molecular weight excluding hydrogens is 679 g/mol. The van der Waals surface area contributed by atoms with Gasteiger partial charge in [-0.2, -0.15) is 0 Å². The van der Waals surface area contributed by atoms with Gasteiger partial charge in [0.25, 0.3) is 0 Å². The summed E-state index contributed by atoms with van der Waals surface area (Å²) >= 11 is 0. The number of rotatable bonds is 6. The van der Waals surface area contributed by atoms with E-state index in [0.717, 1.165) is 50.1 Å². The highest BCUT2D eigenvalue weighted by Gasteiger charge is 2.18. The van der Waals surface area contributed by atoms with E-state index in [1.807, 2.05) is 12.1 Å². The minimum absolute atomic E-state index is 0.902. The van der Waals surface area contributed by atoms with Crippen LogP contribution in [0.4, 0.5) is 17.1 Å². The first-order valence-corrected chi connectivity index (χ1v) is 19.2. The van der Waals surface area contributed by atoms with Crippen LogP contribution in [0.25, 0.3) is 87.6 Å². The molecule has 1 aromatic heterocycles. The Morgan fingerprint density at radius 3 is 1.68 bits per heavy atom. The summed E-state index contributed by atoms with van der Waals surface area (Å²) in [5, 5.41) is 9.87. The Bertz CT molecular complexity index is 3230. The third-order valence-corrected chi connectivity index (χ3v) is 11.3. The Morgan fingerprint density at radius 2 is 0.875 bits per heavy atom. The van der Waals surface area contributed by atoms with Crippen molar-refractivity contribution in [3.63, 3.8) is 0 Å². The molecule has 0 saturated heterocycles. The van der Waals surface area contributed by atoms with Crippen molar-refractivity contribution in [2.75, 3.05) is 4.90 Å². The zero-order chi connectivity index (χ0) is 37.0. The quantitative estimate of drug-likeness (QED) is 0.160. The summed E-state index contributed by atoms with van der Waals surface area (Å²) < 4.78 is 6.49. The van der Waals surface area contributed by atoms with Gasteiger partial charge in [-0.15, -0.1) is 0 Å². The predicted molar refractivity (Wildman–Crippen MR) is 237 cm³/mol. The fourth-order valence-electron chi connectivity index (χ4n) is 8.56. The molecule has 0 atom stereocenters. The average Bonchev–Trinajstić information content (AvgIpc) is 3.66. The molecule has 0 bridgehead atoms. The summed E-state index contributed by atoms with van der Waals surface area (Å²) in [4.78, 5) is 2.35. The lowest BCUT2D eigenvalue weighted by Gasteiger charge is -2.26. The SMILES string of the molecule is c1ccc(-c2ccc(N(c3ccc(-c4cc5c6ccccc6ccc5c5ccccc45)cc3)c3cccc(-c4cccc5c4oc4ccccc45)c3)cc2)cc1. The van der Waals surface area contributed by atoms with Crippen molar-refractivity contribution < 1.29 is 4.42 Å². The molecule has 11 rings (SSSR count). The molecule has 262 valence electrons. The van der Waals surface area contributed by atoms with Crippen LogP contribution in [0, 0.1) is 0 Å². The van der Waals surface area contributed by atoms with Gasteiger partial charge < -0.3 is 9.32 Å². The smallest absolute Gasteiger partial charge is 0.143 e. The predicted octanol–water partition coefficient (Wildman–Crippen LogP) is 15.5. The minimum Gasteiger partial charge on any atom is -0.455 e. The molecule has 56 heavy (non-hydrogen) atoms. The Balaban J connectivity index is 1.06. The van der Waals surface area contributed by atoms with E-state index in [4.69, 9.17) is 4.42 Å². The molecule has 0 aliphatic rings. The third kappa shape index (κ3) is 5.34. The van der Waals surface area contributed by atoms with Crippen LogP contribution >= 0.6 is 0 Å². The molecule has 0 saturated carbocycles. The Hall–Kier alpha value is -7.42. The molecular formula is C54H35NO. The Morgan fingerprint density at radius 1 is 0.286 bits per heavy atom. The fraction of sp³-hybridized carbons (Fsp3) is 0. The molecule has 0 unspecified atom stereocenters. The zero-order valence-corrected chi connectivity index (χ0v) is 30.6. The van der Waals surface area contributed by atoms with E-state index in [1.165, 1.54) is 54.6 Å². The number of para-hydroxylation sites is 2. The summed E-state index contributed by atoms with van der Waals surface area (Å²) in [6.45, 7) is 0. The molecule has 0 amide bonds. The van der Waals surface area contributed by atoms with Crippen LogP contribution in [-0.2, 0) is 0 Å². The van der Waals surface area contributed by atoms with E-state index in [-0.39, 0.29) is 0 Å². The summed E-state index contributed by atoms with van der Waals surface area (Å²) in [5.74, 6) is 0. The molecule has 2 nitrogen and oxygen atoms in total. The van der Waals surface area contributed by atoms with Crippen molar-refractivity contribution >= 4 is 71.3 Å². The number of hydrogen-bond acceptors (Lipinski definition) is 2. The van der Waals surface area contributed by atoms with E-state index in [1.54, 1.807) is 0 Å². The normalized spacial score (nSPS) is 11.6. The first-order chi connectivity index (χ1) is 27.8. The molecule has 0 N–H and O–H groups in total. The Labute approximate surface area is 325 Å². The fourth-order valence-corrected chi connectivity index (χ4v) is 8.56. The highest BCUT2D eigenvalue weighted by molar-refractivity contribution is 6.21. The molecule has 0 radical (unpaired) electrons. The lowest BCUT2D eigenvalue weighted by Crippen LogP contribution is -2.10. The second-order valence-corrected chi connectivity index (χ2v) is 14.5. The number of fused-ring (bicyclic) bond motifs is 8. The van der Waals surface area contributed by atoms with Crippen LogP contribution in [0.1, 0.15) is 0 Å². The Kier molecular flexibility index (Phi) is 7.53. The van der Waals surface area contributed by atoms with Gasteiger partial charge in [-0.25, -0.2) is 0 Å². The van der Waals surface area contributed by atoms with Crippen LogP contribution in [-0.4, -0.2) is 0 Å². The van der Waals surface area contributed by atoms with E-state index in [2.05, 4.69) is 205 Å². The summed E-state index contributed by atoms with van der Waals surface area (Å²) in [5.41, 5.74) is 12.0. The molecule has 1 heterocycles. The van der Waals surface area contributed by atoms with Crippen molar-refractivity contribution in [1.82, 2.24) is 0 Å². The zero-order valence-electron chi connectivity index (χ0n) is 30.6. The van der Waals surface area contributed by atoms with Gasteiger partial charge in [-0.3, -0.25) is 0 Å². The molecule has 0 aliphatic carbocycles.